The smallest absolute Gasteiger partial charge is 0.247 e. The molecule has 7 nitrogen and oxygen atoms in total. The van der Waals surface area contributed by atoms with Crippen molar-refractivity contribution in [3.63, 3.8) is 0 Å². The molecule has 1 saturated heterocycles. The number of benzene rings is 1. The summed E-state index contributed by atoms with van der Waals surface area (Å²) in [5.41, 5.74) is 3.70. The monoisotopic (exact) mass is 317 g/mol. The summed E-state index contributed by atoms with van der Waals surface area (Å²) in [7, 11) is 1.57. The number of carbonyl (C=O) groups is 2. The SMILES string of the molecule is COc1ccc(C(=O)C2=NNC(C(=O)N3CCOCC3)C2)cc1. The quantitative estimate of drug-likeness (QED) is 0.816. The number of hydrazone groups is 1. The molecule has 2 aliphatic heterocycles. The molecule has 0 aliphatic carbocycles. The van der Waals surface area contributed by atoms with Crippen molar-refractivity contribution < 1.29 is 19.1 Å². The molecule has 0 radical (unpaired) electrons. The molecule has 1 aromatic carbocycles. The highest BCUT2D eigenvalue weighted by atomic mass is 16.5. The first-order valence-electron chi connectivity index (χ1n) is 7.56. The van der Waals surface area contributed by atoms with Crippen LogP contribution in [-0.4, -0.2) is 61.8 Å². The van der Waals surface area contributed by atoms with Gasteiger partial charge < -0.3 is 14.4 Å². The number of nitrogens with zero attached hydrogens (tertiary/aromatic N) is 2. The fraction of sp³-hybridized carbons (Fsp3) is 0.438. The molecule has 1 N–H and O–H groups in total. The Bertz CT molecular complexity index is 621. The number of ketones is 1. The van der Waals surface area contributed by atoms with E-state index in [0.717, 1.165) is 0 Å². The largest absolute Gasteiger partial charge is 0.497 e. The van der Waals surface area contributed by atoms with Gasteiger partial charge >= 0.3 is 0 Å². The predicted molar refractivity (Wildman–Crippen MR) is 83.7 cm³/mol. The van der Waals surface area contributed by atoms with Gasteiger partial charge in [0.15, 0.2) is 0 Å². The number of morpholine rings is 1. The standard InChI is InChI=1S/C16H19N3O4/c1-22-12-4-2-11(3-5-12)15(20)13-10-14(18-17-13)16(21)19-6-8-23-9-7-19/h2-5,14,18H,6-10H2,1H3. The van der Waals surface area contributed by atoms with Crippen molar-refractivity contribution >= 4 is 17.4 Å². The van der Waals surface area contributed by atoms with E-state index in [2.05, 4.69) is 10.5 Å². The molecule has 122 valence electrons. The summed E-state index contributed by atoms with van der Waals surface area (Å²) in [4.78, 5) is 26.6. The second-order valence-corrected chi connectivity index (χ2v) is 5.44. The van der Waals surface area contributed by atoms with Crippen LogP contribution in [0.4, 0.5) is 0 Å². The molecule has 1 atom stereocenters. The van der Waals surface area contributed by atoms with Gasteiger partial charge in [0.1, 0.15) is 17.5 Å². The Morgan fingerprint density at radius 3 is 2.61 bits per heavy atom. The first-order chi connectivity index (χ1) is 11.2. The van der Waals surface area contributed by atoms with E-state index in [1.807, 2.05) is 0 Å². The maximum atomic E-state index is 12.4. The highest BCUT2D eigenvalue weighted by Crippen LogP contribution is 2.16. The average Bonchev–Trinajstić information content (AvgIpc) is 3.11. The molecule has 0 aromatic heterocycles. The van der Waals surface area contributed by atoms with E-state index in [-0.39, 0.29) is 11.7 Å². The fourth-order valence-electron chi connectivity index (χ4n) is 2.64. The maximum absolute atomic E-state index is 12.4. The molecule has 2 heterocycles. The summed E-state index contributed by atoms with van der Waals surface area (Å²) < 4.78 is 10.3. The average molecular weight is 317 g/mol. The predicted octanol–water partition coefficient (Wildman–Crippen LogP) is 0.455. The highest BCUT2D eigenvalue weighted by Gasteiger charge is 2.32. The van der Waals surface area contributed by atoms with Crippen molar-refractivity contribution in [3.8, 4) is 5.75 Å². The first-order valence-corrected chi connectivity index (χ1v) is 7.56. The van der Waals surface area contributed by atoms with Gasteiger partial charge in [-0.05, 0) is 24.3 Å². The van der Waals surface area contributed by atoms with E-state index in [1.54, 1.807) is 36.3 Å². The van der Waals surface area contributed by atoms with Crippen LogP contribution in [0.15, 0.2) is 29.4 Å². The Morgan fingerprint density at radius 2 is 1.96 bits per heavy atom. The number of hydrogen-bond donors (Lipinski definition) is 1. The fourth-order valence-corrected chi connectivity index (χ4v) is 2.64. The Labute approximate surface area is 134 Å². The van der Waals surface area contributed by atoms with Gasteiger partial charge in [-0.3, -0.25) is 15.0 Å². The van der Waals surface area contributed by atoms with Crippen molar-refractivity contribution in [1.82, 2.24) is 10.3 Å². The van der Waals surface area contributed by atoms with Gasteiger partial charge in [-0.1, -0.05) is 0 Å². The van der Waals surface area contributed by atoms with Gasteiger partial charge in [-0.25, -0.2) is 0 Å². The number of methoxy groups -OCH3 is 1. The molecular formula is C16H19N3O4. The van der Waals surface area contributed by atoms with E-state index in [4.69, 9.17) is 9.47 Å². The van der Waals surface area contributed by atoms with Gasteiger partial charge in [0.25, 0.3) is 0 Å². The van der Waals surface area contributed by atoms with Gasteiger partial charge in [0.2, 0.25) is 11.7 Å². The number of hydrogen-bond acceptors (Lipinski definition) is 6. The molecule has 7 heteroatoms. The minimum absolute atomic E-state index is 0.0328. The summed E-state index contributed by atoms with van der Waals surface area (Å²) in [6, 6.07) is 6.38. The molecule has 1 aromatic rings. The number of amides is 1. The lowest BCUT2D eigenvalue weighted by Crippen LogP contribution is -2.48. The lowest BCUT2D eigenvalue weighted by Gasteiger charge is -2.28. The van der Waals surface area contributed by atoms with Gasteiger partial charge in [-0.2, -0.15) is 5.10 Å². The van der Waals surface area contributed by atoms with Crippen molar-refractivity contribution in [2.75, 3.05) is 33.4 Å². The first kappa shape index (κ1) is 15.5. The van der Waals surface area contributed by atoms with Crippen LogP contribution in [0.3, 0.4) is 0 Å². The van der Waals surface area contributed by atoms with Crippen molar-refractivity contribution in [1.29, 1.82) is 0 Å². The van der Waals surface area contributed by atoms with Crippen LogP contribution in [0.25, 0.3) is 0 Å². The van der Waals surface area contributed by atoms with Gasteiger partial charge in [-0.15, -0.1) is 0 Å². The molecule has 1 amide bonds. The molecule has 2 aliphatic rings. The summed E-state index contributed by atoms with van der Waals surface area (Å²) >= 11 is 0. The Morgan fingerprint density at radius 1 is 1.26 bits per heavy atom. The zero-order valence-electron chi connectivity index (χ0n) is 12.9. The van der Waals surface area contributed by atoms with Gasteiger partial charge in [0.05, 0.1) is 20.3 Å². The van der Waals surface area contributed by atoms with Crippen molar-refractivity contribution in [2.45, 2.75) is 12.5 Å². The molecule has 0 saturated carbocycles. The minimum Gasteiger partial charge on any atom is -0.497 e. The number of Topliss-reactive ketones (excluding diaryl/α,β-unsaturated/α-hetero) is 1. The van der Waals surface area contributed by atoms with E-state index in [9.17, 15) is 9.59 Å². The third-order valence-corrected chi connectivity index (χ3v) is 3.99. The number of rotatable bonds is 4. The summed E-state index contributed by atoms with van der Waals surface area (Å²) in [5, 5.41) is 4.06. The molecule has 23 heavy (non-hydrogen) atoms. The third-order valence-electron chi connectivity index (χ3n) is 3.99. The summed E-state index contributed by atoms with van der Waals surface area (Å²) in [6.07, 6.45) is 0.307. The lowest BCUT2D eigenvalue weighted by molar-refractivity contribution is -0.137. The Hall–Kier alpha value is -2.41. The van der Waals surface area contributed by atoms with Crippen LogP contribution in [0.5, 0.6) is 5.75 Å². The second kappa shape index (κ2) is 6.78. The molecule has 3 rings (SSSR count). The van der Waals surface area contributed by atoms with Crippen LogP contribution in [0, 0.1) is 0 Å². The highest BCUT2D eigenvalue weighted by molar-refractivity contribution is 6.46. The minimum atomic E-state index is -0.467. The zero-order chi connectivity index (χ0) is 16.2. The number of carbonyl (C=O) groups excluding carboxylic acids is 2. The van der Waals surface area contributed by atoms with Crippen LogP contribution >= 0.6 is 0 Å². The Balaban J connectivity index is 1.61. The van der Waals surface area contributed by atoms with Crippen LogP contribution in [0.1, 0.15) is 16.8 Å². The van der Waals surface area contributed by atoms with Crippen LogP contribution < -0.4 is 10.2 Å². The lowest BCUT2D eigenvalue weighted by atomic mass is 10.0. The molecule has 0 spiro atoms. The van der Waals surface area contributed by atoms with Crippen LogP contribution in [-0.2, 0) is 9.53 Å². The summed E-state index contributed by atoms with van der Waals surface area (Å²) in [6.45, 7) is 2.27. The second-order valence-electron chi connectivity index (χ2n) is 5.44. The Kier molecular flexibility index (Phi) is 4.57. The van der Waals surface area contributed by atoms with Crippen molar-refractivity contribution in [2.24, 2.45) is 5.10 Å². The van der Waals surface area contributed by atoms with E-state index < -0.39 is 6.04 Å². The molecule has 1 unspecified atom stereocenters. The molecule has 0 bridgehead atoms. The molecular weight excluding hydrogens is 298 g/mol. The van der Waals surface area contributed by atoms with E-state index in [1.165, 1.54) is 0 Å². The van der Waals surface area contributed by atoms with E-state index in [0.29, 0.717) is 49.7 Å². The topological polar surface area (TPSA) is 80.2 Å². The zero-order valence-corrected chi connectivity index (χ0v) is 12.9. The normalized spacial score (nSPS) is 20.7. The number of ether oxygens (including phenoxy) is 2. The van der Waals surface area contributed by atoms with Crippen LogP contribution in [0.2, 0.25) is 0 Å². The van der Waals surface area contributed by atoms with Gasteiger partial charge in [0, 0.05) is 25.1 Å². The van der Waals surface area contributed by atoms with E-state index >= 15 is 0 Å². The third kappa shape index (κ3) is 3.34. The van der Waals surface area contributed by atoms with Crippen molar-refractivity contribution in [3.05, 3.63) is 29.8 Å². The summed E-state index contributed by atoms with van der Waals surface area (Å²) in [5.74, 6) is 0.486. The maximum Gasteiger partial charge on any atom is 0.247 e. The molecule has 1 fully saturated rings. The number of nitrogens with one attached hydrogen (secondary N) is 1.